The number of carbonyl (C=O) groups is 1. The highest BCUT2D eigenvalue weighted by molar-refractivity contribution is 7.92. The van der Waals surface area contributed by atoms with E-state index in [9.17, 15) is 18.0 Å². The zero-order valence-electron chi connectivity index (χ0n) is 19.3. The second-order valence-electron chi connectivity index (χ2n) is 7.25. The summed E-state index contributed by atoms with van der Waals surface area (Å²) in [6.07, 6.45) is 0.618. The van der Waals surface area contributed by atoms with Gasteiger partial charge in [-0.2, -0.15) is 0 Å². The van der Waals surface area contributed by atoms with Gasteiger partial charge in [-0.25, -0.2) is 8.42 Å². The summed E-state index contributed by atoms with van der Waals surface area (Å²) >= 11 is 0. The van der Waals surface area contributed by atoms with Crippen LogP contribution in [-0.2, 0) is 19.5 Å². The maximum atomic E-state index is 13.2. The fourth-order valence-corrected chi connectivity index (χ4v) is 4.50. The van der Waals surface area contributed by atoms with Gasteiger partial charge in [0.25, 0.3) is 15.9 Å². The number of benzene rings is 2. The first kappa shape index (κ1) is 25.2. The Balaban J connectivity index is 1.93. The van der Waals surface area contributed by atoms with Crippen LogP contribution in [0.4, 0.5) is 5.69 Å². The number of aromatic amines is 1. The minimum absolute atomic E-state index is 0.0324. The number of hydrogen-bond acceptors (Lipinski definition) is 7. The van der Waals surface area contributed by atoms with E-state index in [4.69, 9.17) is 14.2 Å². The van der Waals surface area contributed by atoms with E-state index < -0.39 is 27.6 Å². The third kappa shape index (κ3) is 5.22. The second kappa shape index (κ2) is 10.7. The van der Waals surface area contributed by atoms with Crippen LogP contribution in [0.5, 0.6) is 5.75 Å². The average Bonchev–Trinajstić information content (AvgIpc) is 2.84. The van der Waals surface area contributed by atoms with Gasteiger partial charge >= 0.3 is 0 Å². The first-order chi connectivity index (χ1) is 16.2. The number of aromatic nitrogens is 1. The number of methoxy groups -OCH3 is 2. The first-order valence-electron chi connectivity index (χ1n) is 10.4. The SMILES string of the molecule is CCOc1ccc(N(C)S(=O)(=O)c2ccc3[nH]cc(C(=O)NCC(OC)OC)c(=O)c3c2)cc1. The van der Waals surface area contributed by atoms with Crippen molar-refractivity contribution >= 4 is 32.5 Å². The lowest BCUT2D eigenvalue weighted by molar-refractivity contribution is -0.0974. The summed E-state index contributed by atoms with van der Waals surface area (Å²) in [5.74, 6) is -0.00979. The molecular weight excluding hydrogens is 462 g/mol. The Bertz CT molecular complexity index is 1320. The Morgan fingerprint density at radius 1 is 1.12 bits per heavy atom. The number of anilines is 1. The van der Waals surface area contributed by atoms with Crippen LogP contribution in [-0.4, -0.2) is 60.0 Å². The summed E-state index contributed by atoms with van der Waals surface area (Å²) in [5.41, 5.74) is 0.0681. The van der Waals surface area contributed by atoms with Crippen molar-refractivity contribution in [2.75, 3.05) is 38.7 Å². The third-order valence-electron chi connectivity index (χ3n) is 5.22. The van der Waals surface area contributed by atoms with E-state index in [1.165, 1.54) is 45.7 Å². The molecule has 182 valence electrons. The van der Waals surface area contributed by atoms with Crippen molar-refractivity contribution in [2.45, 2.75) is 18.1 Å². The van der Waals surface area contributed by atoms with E-state index >= 15 is 0 Å². The summed E-state index contributed by atoms with van der Waals surface area (Å²) in [6, 6.07) is 10.8. The molecule has 0 atom stereocenters. The van der Waals surface area contributed by atoms with Crippen LogP contribution in [0.25, 0.3) is 10.9 Å². The van der Waals surface area contributed by atoms with Crippen LogP contribution < -0.4 is 19.8 Å². The predicted molar refractivity (Wildman–Crippen MR) is 128 cm³/mol. The topological polar surface area (TPSA) is 127 Å². The minimum atomic E-state index is -3.98. The molecule has 1 aromatic heterocycles. The van der Waals surface area contributed by atoms with Gasteiger partial charge in [-0.1, -0.05) is 0 Å². The van der Waals surface area contributed by atoms with E-state index in [1.807, 2.05) is 6.92 Å². The molecule has 2 N–H and O–H groups in total. The van der Waals surface area contributed by atoms with Crippen molar-refractivity contribution in [3.05, 3.63) is 64.4 Å². The van der Waals surface area contributed by atoms with Gasteiger partial charge in [0.2, 0.25) is 5.43 Å². The fraction of sp³-hybridized carbons (Fsp3) is 0.304. The molecule has 0 aliphatic rings. The van der Waals surface area contributed by atoms with E-state index in [-0.39, 0.29) is 22.4 Å². The Kier molecular flexibility index (Phi) is 7.92. The van der Waals surface area contributed by atoms with Gasteiger partial charge < -0.3 is 24.5 Å². The molecule has 0 radical (unpaired) electrons. The molecule has 2 aromatic carbocycles. The molecule has 0 aliphatic heterocycles. The van der Waals surface area contributed by atoms with Crippen molar-refractivity contribution in [2.24, 2.45) is 0 Å². The molecule has 3 rings (SSSR count). The lowest BCUT2D eigenvalue weighted by Gasteiger charge is -2.20. The van der Waals surface area contributed by atoms with Crippen LogP contribution >= 0.6 is 0 Å². The number of sulfonamides is 1. The van der Waals surface area contributed by atoms with Crippen molar-refractivity contribution in [1.82, 2.24) is 10.3 Å². The zero-order valence-corrected chi connectivity index (χ0v) is 20.1. The van der Waals surface area contributed by atoms with Crippen LogP contribution in [0, 0.1) is 0 Å². The molecular formula is C23H27N3O7S. The van der Waals surface area contributed by atoms with Gasteiger partial charge in [0.15, 0.2) is 6.29 Å². The highest BCUT2D eigenvalue weighted by atomic mass is 32.2. The van der Waals surface area contributed by atoms with Crippen molar-refractivity contribution < 1.29 is 27.4 Å². The maximum Gasteiger partial charge on any atom is 0.264 e. The lowest BCUT2D eigenvalue weighted by atomic mass is 10.1. The number of amides is 1. The fourth-order valence-electron chi connectivity index (χ4n) is 3.28. The smallest absolute Gasteiger partial charge is 0.264 e. The van der Waals surface area contributed by atoms with E-state index in [0.717, 1.165) is 4.31 Å². The normalized spacial score (nSPS) is 11.6. The number of pyridine rings is 1. The highest BCUT2D eigenvalue weighted by Gasteiger charge is 2.23. The van der Waals surface area contributed by atoms with Crippen molar-refractivity contribution in [3.8, 4) is 5.75 Å². The van der Waals surface area contributed by atoms with E-state index in [1.54, 1.807) is 24.3 Å². The second-order valence-corrected chi connectivity index (χ2v) is 9.22. The summed E-state index contributed by atoms with van der Waals surface area (Å²) in [7, 11) is 0.293. The number of ether oxygens (including phenoxy) is 3. The number of rotatable bonds is 10. The first-order valence-corrected chi connectivity index (χ1v) is 11.9. The van der Waals surface area contributed by atoms with E-state index in [2.05, 4.69) is 10.3 Å². The van der Waals surface area contributed by atoms with Crippen molar-refractivity contribution in [3.63, 3.8) is 0 Å². The zero-order chi connectivity index (χ0) is 24.9. The molecule has 1 heterocycles. The Morgan fingerprint density at radius 3 is 2.41 bits per heavy atom. The molecule has 0 saturated heterocycles. The van der Waals surface area contributed by atoms with Crippen LogP contribution in [0.2, 0.25) is 0 Å². The summed E-state index contributed by atoms with van der Waals surface area (Å²) in [4.78, 5) is 28.3. The molecule has 0 bridgehead atoms. The molecule has 11 heteroatoms. The molecule has 1 amide bonds. The summed E-state index contributed by atoms with van der Waals surface area (Å²) in [6.45, 7) is 2.39. The van der Waals surface area contributed by atoms with E-state index in [0.29, 0.717) is 23.6 Å². The van der Waals surface area contributed by atoms with Crippen molar-refractivity contribution in [1.29, 1.82) is 0 Å². The molecule has 34 heavy (non-hydrogen) atoms. The molecule has 0 saturated carbocycles. The molecule has 0 fully saturated rings. The van der Waals surface area contributed by atoms with Gasteiger partial charge in [-0.3, -0.25) is 13.9 Å². The molecule has 0 spiro atoms. The summed E-state index contributed by atoms with van der Waals surface area (Å²) < 4.78 is 43.0. The van der Waals surface area contributed by atoms with Crippen LogP contribution in [0.3, 0.4) is 0 Å². The molecule has 0 aliphatic carbocycles. The number of hydrogen-bond donors (Lipinski definition) is 2. The van der Waals surface area contributed by atoms with Crippen LogP contribution in [0.15, 0.2) is 58.4 Å². The van der Waals surface area contributed by atoms with Crippen LogP contribution in [0.1, 0.15) is 17.3 Å². The Morgan fingerprint density at radius 2 is 1.79 bits per heavy atom. The molecule has 10 nitrogen and oxygen atoms in total. The highest BCUT2D eigenvalue weighted by Crippen LogP contribution is 2.25. The number of carbonyl (C=O) groups excluding carboxylic acids is 1. The number of fused-ring (bicyclic) bond motifs is 1. The minimum Gasteiger partial charge on any atom is -0.494 e. The van der Waals surface area contributed by atoms with Gasteiger partial charge in [0.1, 0.15) is 11.3 Å². The standard InChI is InChI=1S/C23H27N3O7S/c1-5-33-16-8-6-15(7-9-16)26(2)34(29,30)17-10-11-20-18(12-17)22(27)19(13-24-20)23(28)25-14-21(31-3)32-4/h6-13,21H,5,14H2,1-4H3,(H,24,27)(H,25,28). The largest absolute Gasteiger partial charge is 0.494 e. The quantitative estimate of drug-likeness (QED) is 0.418. The number of nitrogens with one attached hydrogen (secondary N) is 2. The van der Waals surface area contributed by atoms with Gasteiger partial charge in [0, 0.05) is 38.4 Å². The number of H-pyrrole nitrogens is 1. The molecule has 3 aromatic rings. The third-order valence-corrected chi connectivity index (χ3v) is 7.00. The van der Waals surface area contributed by atoms with Gasteiger partial charge in [-0.15, -0.1) is 0 Å². The van der Waals surface area contributed by atoms with Gasteiger partial charge in [0.05, 0.1) is 23.7 Å². The monoisotopic (exact) mass is 489 g/mol. The summed E-state index contributed by atoms with van der Waals surface area (Å²) in [5, 5.41) is 2.63. The molecule has 0 unspecified atom stereocenters. The Labute approximate surface area is 197 Å². The predicted octanol–water partition coefficient (Wildman–Crippen LogP) is 2.10. The average molecular weight is 490 g/mol. The maximum absolute atomic E-state index is 13.2. The lowest BCUT2D eigenvalue weighted by Crippen LogP contribution is -2.36. The number of nitrogens with zero attached hydrogens (tertiary/aromatic N) is 1. The van der Waals surface area contributed by atoms with Gasteiger partial charge in [-0.05, 0) is 49.4 Å². The Hall–Kier alpha value is -3.41.